The second-order valence-corrected chi connectivity index (χ2v) is 8.89. The molecular formula is C27H22ClFN2O3. The van der Waals surface area contributed by atoms with Crippen LogP contribution in [0.3, 0.4) is 0 Å². The van der Waals surface area contributed by atoms with E-state index in [2.05, 4.69) is 5.32 Å². The quantitative estimate of drug-likeness (QED) is 0.376. The lowest BCUT2D eigenvalue weighted by Gasteiger charge is -2.35. The van der Waals surface area contributed by atoms with E-state index in [1.807, 2.05) is 38.1 Å². The molecule has 3 aromatic carbocycles. The summed E-state index contributed by atoms with van der Waals surface area (Å²) in [5.74, 6) is -0.348. The highest BCUT2D eigenvalue weighted by molar-refractivity contribution is 6.32. The molecule has 0 aliphatic carbocycles. The van der Waals surface area contributed by atoms with Crippen LogP contribution >= 0.6 is 11.6 Å². The molecule has 2 heterocycles. The van der Waals surface area contributed by atoms with Crippen LogP contribution in [0.1, 0.15) is 45.7 Å². The zero-order valence-corrected chi connectivity index (χ0v) is 19.4. The Balaban J connectivity index is 1.35. The number of halogens is 2. The highest BCUT2D eigenvalue weighted by Gasteiger charge is 2.42. The van der Waals surface area contributed by atoms with Crippen LogP contribution in [0.25, 0.3) is 11.6 Å². The van der Waals surface area contributed by atoms with E-state index in [-0.39, 0.29) is 17.6 Å². The average molecular weight is 477 g/mol. The highest BCUT2D eigenvalue weighted by atomic mass is 35.5. The molecule has 172 valence electrons. The summed E-state index contributed by atoms with van der Waals surface area (Å²) in [4.78, 5) is 26.9. The first-order chi connectivity index (χ1) is 16.3. The summed E-state index contributed by atoms with van der Waals surface area (Å²) in [6, 6.07) is 16.6. The van der Waals surface area contributed by atoms with Crippen LogP contribution < -0.4 is 10.1 Å². The van der Waals surface area contributed by atoms with Gasteiger partial charge in [0.2, 0.25) is 0 Å². The highest BCUT2D eigenvalue weighted by Crippen LogP contribution is 2.35. The first kappa shape index (κ1) is 22.2. The minimum atomic E-state index is -0.460. The van der Waals surface area contributed by atoms with Crippen molar-refractivity contribution in [2.24, 2.45) is 0 Å². The molecule has 2 aliphatic heterocycles. The number of amides is 2. The first-order valence-corrected chi connectivity index (χ1v) is 11.4. The Hall–Kier alpha value is -3.64. The third-order valence-electron chi connectivity index (χ3n) is 6.29. The predicted molar refractivity (Wildman–Crippen MR) is 131 cm³/mol. The van der Waals surface area contributed by atoms with Gasteiger partial charge in [-0.05, 0) is 61.4 Å². The number of hydrogen-bond acceptors (Lipinski definition) is 4. The molecule has 2 amide bonds. The van der Waals surface area contributed by atoms with E-state index in [0.29, 0.717) is 39.6 Å². The Bertz CT molecular complexity index is 1300. The zero-order valence-electron chi connectivity index (χ0n) is 18.6. The average Bonchev–Trinajstić information content (AvgIpc) is 3.08. The molecule has 3 aromatic rings. The fraction of sp³-hybridized carbons (Fsp3) is 0.185. The Morgan fingerprint density at radius 1 is 1.12 bits per heavy atom. The standard InChI is InChI=1S/C27H22ClFN2O3/c1-15(25-20(28)8-5-9-21(25)29)12-17-10-11-23-22(13-17)30-14-24(34-23)16(2)31-26(32)18-6-3-4-7-19(18)27(31)33/h3-13,16,24,30H,14H2,1-2H3/b15-12+/t16-,24-/m1/s1. The molecule has 7 heteroatoms. The smallest absolute Gasteiger partial charge is 0.261 e. The number of imide groups is 1. The molecule has 0 aromatic heterocycles. The molecule has 5 rings (SSSR count). The van der Waals surface area contributed by atoms with E-state index in [9.17, 15) is 14.0 Å². The lowest BCUT2D eigenvalue weighted by atomic mass is 10.0. The summed E-state index contributed by atoms with van der Waals surface area (Å²) in [6.45, 7) is 4.05. The fourth-order valence-corrected chi connectivity index (χ4v) is 4.82. The maximum Gasteiger partial charge on any atom is 0.261 e. The van der Waals surface area contributed by atoms with Gasteiger partial charge in [-0.2, -0.15) is 0 Å². The van der Waals surface area contributed by atoms with Crippen molar-refractivity contribution in [2.45, 2.75) is 26.0 Å². The van der Waals surface area contributed by atoms with E-state index >= 15 is 0 Å². The zero-order chi connectivity index (χ0) is 24.0. The summed E-state index contributed by atoms with van der Waals surface area (Å²) in [6.07, 6.45) is 1.45. The van der Waals surface area contributed by atoms with Gasteiger partial charge in [-0.15, -0.1) is 0 Å². The van der Waals surface area contributed by atoms with E-state index in [1.54, 1.807) is 36.4 Å². The van der Waals surface area contributed by atoms with Gasteiger partial charge >= 0.3 is 0 Å². The van der Waals surface area contributed by atoms with Crippen LogP contribution in [0, 0.1) is 5.82 Å². The van der Waals surface area contributed by atoms with Crippen molar-refractivity contribution in [1.82, 2.24) is 4.90 Å². The minimum absolute atomic E-state index is 0.301. The Morgan fingerprint density at radius 3 is 2.50 bits per heavy atom. The summed E-state index contributed by atoms with van der Waals surface area (Å²) in [7, 11) is 0. The summed E-state index contributed by atoms with van der Waals surface area (Å²) in [5, 5.41) is 3.70. The molecule has 2 aliphatic rings. The molecule has 0 spiro atoms. The van der Waals surface area contributed by atoms with Crippen molar-refractivity contribution < 1.29 is 18.7 Å². The molecule has 0 unspecified atom stereocenters. The predicted octanol–water partition coefficient (Wildman–Crippen LogP) is 5.90. The summed E-state index contributed by atoms with van der Waals surface area (Å²) >= 11 is 6.19. The van der Waals surface area contributed by atoms with Crippen molar-refractivity contribution >= 4 is 40.8 Å². The Kier molecular flexibility index (Phi) is 5.62. The Morgan fingerprint density at radius 2 is 1.82 bits per heavy atom. The number of nitrogens with zero attached hydrogens (tertiary/aromatic N) is 1. The minimum Gasteiger partial charge on any atom is -0.484 e. The number of nitrogens with one attached hydrogen (secondary N) is 1. The Labute approximate surface area is 201 Å². The monoisotopic (exact) mass is 476 g/mol. The number of carbonyl (C=O) groups excluding carboxylic acids is 2. The number of anilines is 1. The van der Waals surface area contributed by atoms with Crippen molar-refractivity contribution in [3.05, 3.63) is 93.8 Å². The van der Waals surface area contributed by atoms with Gasteiger partial charge in [0.1, 0.15) is 17.7 Å². The number of allylic oxidation sites excluding steroid dienone is 1. The largest absolute Gasteiger partial charge is 0.484 e. The van der Waals surface area contributed by atoms with Crippen LogP contribution in [-0.2, 0) is 0 Å². The molecule has 1 N–H and O–H groups in total. The summed E-state index contributed by atoms with van der Waals surface area (Å²) < 4.78 is 20.4. The molecule has 0 saturated heterocycles. The maximum absolute atomic E-state index is 14.3. The molecule has 0 radical (unpaired) electrons. The molecular weight excluding hydrogens is 455 g/mol. The molecule has 0 saturated carbocycles. The first-order valence-electron chi connectivity index (χ1n) is 11.0. The van der Waals surface area contributed by atoms with Gasteiger partial charge in [-0.1, -0.05) is 41.9 Å². The van der Waals surface area contributed by atoms with Gasteiger partial charge in [0, 0.05) is 5.56 Å². The molecule has 2 atom stereocenters. The number of carbonyl (C=O) groups is 2. The number of rotatable bonds is 4. The van der Waals surface area contributed by atoms with E-state index in [4.69, 9.17) is 16.3 Å². The third-order valence-corrected chi connectivity index (χ3v) is 6.60. The SMILES string of the molecule is C/C(=C\c1ccc2c(c1)NC[C@H]([C@@H](C)N1C(=O)c3ccccc3C1=O)O2)c1c(F)cccc1Cl. The second-order valence-electron chi connectivity index (χ2n) is 8.48. The van der Waals surface area contributed by atoms with Crippen molar-refractivity contribution in [3.63, 3.8) is 0 Å². The molecule has 0 bridgehead atoms. The summed E-state index contributed by atoms with van der Waals surface area (Å²) in [5.41, 5.74) is 3.57. The number of hydrogen-bond donors (Lipinski definition) is 1. The third kappa shape index (κ3) is 3.74. The molecule has 34 heavy (non-hydrogen) atoms. The van der Waals surface area contributed by atoms with Gasteiger partial charge in [0.15, 0.2) is 0 Å². The van der Waals surface area contributed by atoms with E-state index < -0.39 is 12.1 Å². The van der Waals surface area contributed by atoms with Crippen LogP contribution in [0.2, 0.25) is 5.02 Å². The van der Waals surface area contributed by atoms with Crippen molar-refractivity contribution in [2.75, 3.05) is 11.9 Å². The number of benzene rings is 3. The van der Waals surface area contributed by atoms with Crippen molar-refractivity contribution in [1.29, 1.82) is 0 Å². The van der Waals surface area contributed by atoms with E-state index in [0.717, 1.165) is 11.3 Å². The number of ether oxygens (including phenoxy) is 1. The lowest BCUT2D eigenvalue weighted by Crippen LogP contribution is -2.51. The van der Waals surface area contributed by atoms with Crippen LogP contribution in [0.15, 0.2) is 60.7 Å². The van der Waals surface area contributed by atoms with E-state index in [1.165, 1.54) is 11.0 Å². The normalized spacial score (nSPS) is 18.2. The van der Waals surface area contributed by atoms with Crippen LogP contribution in [-0.4, -0.2) is 35.4 Å². The van der Waals surface area contributed by atoms with Gasteiger partial charge in [0.25, 0.3) is 11.8 Å². The number of fused-ring (bicyclic) bond motifs is 2. The second kappa shape index (κ2) is 8.61. The van der Waals surface area contributed by atoms with Gasteiger partial charge in [0.05, 0.1) is 34.4 Å². The van der Waals surface area contributed by atoms with Crippen molar-refractivity contribution in [3.8, 4) is 5.75 Å². The van der Waals surface area contributed by atoms with Gasteiger partial charge in [-0.25, -0.2) is 4.39 Å². The van der Waals surface area contributed by atoms with Gasteiger partial charge in [-0.3, -0.25) is 14.5 Å². The molecule has 5 nitrogen and oxygen atoms in total. The van der Waals surface area contributed by atoms with Crippen LogP contribution in [0.4, 0.5) is 10.1 Å². The fourth-order valence-electron chi connectivity index (χ4n) is 4.50. The lowest BCUT2D eigenvalue weighted by molar-refractivity contribution is 0.0442. The molecule has 0 fully saturated rings. The maximum atomic E-state index is 14.3. The van der Waals surface area contributed by atoms with Crippen LogP contribution in [0.5, 0.6) is 5.75 Å². The van der Waals surface area contributed by atoms with Gasteiger partial charge < -0.3 is 10.1 Å². The topological polar surface area (TPSA) is 58.6 Å².